The molecule has 18 heavy (non-hydrogen) atoms. The highest BCUT2D eigenvalue weighted by molar-refractivity contribution is 5.49. The number of benzene rings is 1. The van der Waals surface area contributed by atoms with Crippen molar-refractivity contribution in [3.8, 4) is 11.5 Å². The number of hydrogen-bond donors (Lipinski definition) is 1. The fraction of sp³-hybridized carbons (Fsp3) is 0.600. The Labute approximate surface area is 108 Å². The van der Waals surface area contributed by atoms with Crippen LogP contribution in [0.1, 0.15) is 50.2 Å². The Hall–Kier alpha value is -1.22. The minimum Gasteiger partial charge on any atom is -0.493 e. The van der Waals surface area contributed by atoms with E-state index < -0.39 is 6.10 Å². The first-order valence-electron chi connectivity index (χ1n) is 6.78. The van der Waals surface area contributed by atoms with Crippen LogP contribution in [-0.2, 0) is 0 Å². The molecule has 1 atom stereocenters. The van der Waals surface area contributed by atoms with E-state index in [0.29, 0.717) is 6.42 Å². The Balaban J connectivity index is 1.99. The van der Waals surface area contributed by atoms with Gasteiger partial charge in [-0.2, -0.15) is 0 Å². The summed E-state index contributed by atoms with van der Waals surface area (Å²) in [6, 6.07) is 5.73. The van der Waals surface area contributed by atoms with Crippen LogP contribution in [0.4, 0.5) is 0 Å². The van der Waals surface area contributed by atoms with Crippen LogP contribution >= 0.6 is 0 Å². The zero-order chi connectivity index (χ0) is 12.6. The largest absolute Gasteiger partial charge is 0.493 e. The fourth-order valence-electron chi connectivity index (χ4n) is 3.29. The Morgan fingerprint density at radius 2 is 2.06 bits per heavy atom. The summed E-state index contributed by atoms with van der Waals surface area (Å²) in [5.74, 6) is 1.48. The minimum absolute atomic E-state index is 0.167. The van der Waals surface area contributed by atoms with Crippen molar-refractivity contribution >= 4 is 0 Å². The van der Waals surface area contributed by atoms with Crippen LogP contribution in [0, 0.1) is 0 Å². The maximum absolute atomic E-state index is 10.4. The van der Waals surface area contributed by atoms with Gasteiger partial charge in [-0.25, -0.2) is 0 Å². The summed E-state index contributed by atoms with van der Waals surface area (Å²) in [4.78, 5) is 0. The van der Waals surface area contributed by atoms with E-state index in [-0.39, 0.29) is 5.60 Å². The predicted molar refractivity (Wildman–Crippen MR) is 69.0 cm³/mol. The van der Waals surface area contributed by atoms with Crippen molar-refractivity contribution in [2.75, 3.05) is 7.11 Å². The normalized spacial score (nSPS) is 25.3. The molecule has 1 saturated carbocycles. The molecule has 3 rings (SSSR count). The molecular formula is C15H20O3. The van der Waals surface area contributed by atoms with Gasteiger partial charge in [0.1, 0.15) is 5.60 Å². The maximum Gasteiger partial charge on any atom is 0.167 e. The summed E-state index contributed by atoms with van der Waals surface area (Å²) in [6.07, 6.45) is 6.03. The molecule has 0 aromatic heterocycles. The Morgan fingerprint density at radius 1 is 1.28 bits per heavy atom. The van der Waals surface area contributed by atoms with Gasteiger partial charge in [-0.05, 0) is 31.7 Å². The lowest BCUT2D eigenvalue weighted by molar-refractivity contribution is -0.0398. The molecule has 3 nitrogen and oxygen atoms in total. The quantitative estimate of drug-likeness (QED) is 0.829. The topological polar surface area (TPSA) is 38.7 Å². The molecule has 1 N–H and O–H groups in total. The molecule has 0 amide bonds. The van der Waals surface area contributed by atoms with Crippen LogP contribution in [0.5, 0.6) is 11.5 Å². The third-order valence-electron chi connectivity index (χ3n) is 4.24. The second kappa shape index (κ2) is 4.47. The van der Waals surface area contributed by atoms with E-state index in [4.69, 9.17) is 9.47 Å². The maximum atomic E-state index is 10.4. The average Bonchev–Trinajstić information content (AvgIpc) is 2.39. The van der Waals surface area contributed by atoms with E-state index in [2.05, 4.69) is 0 Å². The van der Waals surface area contributed by atoms with Gasteiger partial charge in [-0.3, -0.25) is 0 Å². The third kappa shape index (κ3) is 1.87. The predicted octanol–water partition coefficient (Wildman–Crippen LogP) is 3.21. The van der Waals surface area contributed by atoms with Crippen molar-refractivity contribution in [2.45, 2.75) is 50.2 Å². The number of methoxy groups -OCH3 is 1. The lowest BCUT2D eigenvalue weighted by Crippen LogP contribution is -2.42. The number of hydrogen-bond acceptors (Lipinski definition) is 3. The highest BCUT2D eigenvalue weighted by atomic mass is 16.5. The van der Waals surface area contributed by atoms with E-state index >= 15 is 0 Å². The van der Waals surface area contributed by atoms with Crippen LogP contribution in [0.15, 0.2) is 18.2 Å². The summed E-state index contributed by atoms with van der Waals surface area (Å²) in [5.41, 5.74) is 0.699. The second-order valence-electron chi connectivity index (χ2n) is 5.44. The smallest absolute Gasteiger partial charge is 0.167 e. The Morgan fingerprint density at radius 3 is 2.78 bits per heavy atom. The molecule has 1 fully saturated rings. The summed E-state index contributed by atoms with van der Waals surface area (Å²) in [5, 5.41) is 10.4. The standard InChI is InChI=1S/C15H20O3/c1-17-13-7-5-6-11-12(16)10-15(18-14(11)13)8-3-2-4-9-15/h5-7,12,16H,2-4,8-10H2,1H3. The van der Waals surface area contributed by atoms with Crippen LogP contribution < -0.4 is 9.47 Å². The van der Waals surface area contributed by atoms with Gasteiger partial charge >= 0.3 is 0 Å². The van der Waals surface area contributed by atoms with Crippen molar-refractivity contribution < 1.29 is 14.6 Å². The van der Waals surface area contributed by atoms with Gasteiger partial charge in [0.15, 0.2) is 11.5 Å². The van der Waals surface area contributed by atoms with Crippen molar-refractivity contribution in [2.24, 2.45) is 0 Å². The minimum atomic E-state index is -0.429. The van der Waals surface area contributed by atoms with E-state index in [0.717, 1.165) is 29.9 Å². The van der Waals surface area contributed by atoms with Gasteiger partial charge in [0.2, 0.25) is 0 Å². The highest BCUT2D eigenvalue weighted by Crippen LogP contribution is 2.49. The van der Waals surface area contributed by atoms with Crippen LogP contribution in [-0.4, -0.2) is 17.8 Å². The highest BCUT2D eigenvalue weighted by Gasteiger charge is 2.42. The van der Waals surface area contributed by atoms with Gasteiger partial charge < -0.3 is 14.6 Å². The summed E-state index contributed by atoms with van der Waals surface area (Å²) in [7, 11) is 1.65. The average molecular weight is 248 g/mol. The third-order valence-corrected chi connectivity index (χ3v) is 4.24. The molecule has 1 unspecified atom stereocenters. The first-order chi connectivity index (χ1) is 8.74. The molecule has 1 spiro atoms. The first-order valence-corrected chi connectivity index (χ1v) is 6.78. The SMILES string of the molecule is COc1cccc2c1OC1(CCCCC1)CC2O. The molecule has 1 aliphatic heterocycles. The van der Waals surface area contributed by atoms with Gasteiger partial charge in [0.05, 0.1) is 13.2 Å². The van der Waals surface area contributed by atoms with E-state index in [1.807, 2.05) is 18.2 Å². The monoisotopic (exact) mass is 248 g/mol. The lowest BCUT2D eigenvalue weighted by Gasteiger charge is -2.43. The Kier molecular flexibility index (Phi) is 2.94. The molecule has 2 aliphatic rings. The van der Waals surface area contributed by atoms with Gasteiger partial charge in [0, 0.05) is 12.0 Å². The van der Waals surface area contributed by atoms with Crippen LogP contribution in [0.3, 0.4) is 0 Å². The van der Waals surface area contributed by atoms with E-state index in [9.17, 15) is 5.11 Å². The van der Waals surface area contributed by atoms with Crippen molar-refractivity contribution in [3.63, 3.8) is 0 Å². The van der Waals surface area contributed by atoms with Crippen molar-refractivity contribution in [3.05, 3.63) is 23.8 Å². The number of fused-ring (bicyclic) bond motifs is 1. The zero-order valence-electron chi connectivity index (χ0n) is 10.8. The Bertz CT molecular complexity index is 435. The summed E-state index contributed by atoms with van der Waals surface area (Å²) in [6.45, 7) is 0. The molecule has 98 valence electrons. The summed E-state index contributed by atoms with van der Waals surface area (Å²) < 4.78 is 11.6. The number of aliphatic hydroxyl groups is 1. The van der Waals surface area contributed by atoms with Crippen LogP contribution in [0.2, 0.25) is 0 Å². The first kappa shape index (κ1) is 11.8. The molecule has 0 radical (unpaired) electrons. The molecule has 1 heterocycles. The molecular weight excluding hydrogens is 228 g/mol. The fourth-order valence-corrected chi connectivity index (χ4v) is 3.29. The van der Waals surface area contributed by atoms with Crippen molar-refractivity contribution in [1.82, 2.24) is 0 Å². The number of para-hydroxylation sites is 1. The van der Waals surface area contributed by atoms with Crippen LogP contribution in [0.25, 0.3) is 0 Å². The van der Waals surface area contributed by atoms with E-state index in [1.54, 1.807) is 7.11 Å². The number of rotatable bonds is 1. The second-order valence-corrected chi connectivity index (χ2v) is 5.44. The molecule has 0 saturated heterocycles. The molecule has 3 heteroatoms. The zero-order valence-corrected chi connectivity index (χ0v) is 10.8. The van der Waals surface area contributed by atoms with Gasteiger partial charge in [-0.15, -0.1) is 0 Å². The van der Waals surface area contributed by atoms with E-state index in [1.165, 1.54) is 19.3 Å². The molecule has 1 aliphatic carbocycles. The molecule has 0 bridgehead atoms. The number of aliphatic hydroxyl groups excluding tert-OH is 1. The molecule has 1 aromatic carbocycles. The van der Waals surface area contributed by atoms with Crippen molar-refractivity contribution in [1.29, 1.82) is 0 Å². The summed E-state index contributed by atoms with van der Waals surface area (Å²) >= 11 is 0. The van der Waals surface area contributed by atoms with Gasteiger partial charge in [-0.1, -0.05) is 18.6 Å². The lowest BCUT2D eigenvalue weighted by atomic mass is 9.78. The number of ether oxygens (including phenoxy) is 2. The van der Waals surface area contributed by atoms with Gasteiger partial charge in [0.25, 0.3) is 0 Å². The molecule has 1 aromatic rings.